The van der Waals surface area contributed by atoms with E-state index >= 15 is 0 Å². The van der Waals surface area contributed by atoms with Crippen molar-refractivity contribution < 1.29 is 19.1 Å². The molecule has 2 aromatic rings. The Morgan fingerprint density at radius 3 is 2.39 bits per heavy atom. The summed E-state index contributed by atoms with van der Waals surface area (Å²) in [5, 5.41) is 0. The molecule has 3 aliphatic heterocycles. The first-order valence-corrected chi connectivity index (χ1v) is 11.1. The van der Waals surface area contributed by atoms with Crippen molar-refractivity contribution in [2.24, 2.45) is 11.8 Å². The van der Waals surface area contributed by atoms with Crippen LogP contribution in [0, 0.1) is 11.8 Å². The third kappa shape index (κ3) is 3.28. The number of fused-ring (bicyclic) bond motifs is 1. The van der Waals surface area contributed by atoms with Gasteiger partial charge in [0.1, 0.15) is 11.5 Å². The average molecular weight is 418 g/mol. The number of benzene rings is 2. The Balaban J connectivity index is 1.49. The number of nitrogens with zero attached hydrogens (tertiary/aromatic N) is 1. The van der Waals surface area contributed by atoms with Gasteiger partial charge in [-0.05, 0) is 17.5 Å². The lowest BCUT2D eigenvalue weighted by molar-refractivity contribution is -0.154. The van der Waals surface area contributed by atoms with Gasteiger partial charge in [-0.2, -0.15) is 0 Å². The number of unbranched alkanes of at least 4 members (excludes halogenated alkanes) is 1. The van der Waals surface area contributed by atoms with Gasteiger partial charge >= 0.3 is 5.97 Å². The van der Waals surface area contributed by atoms with Gasteiger partial charge in [0.15, 0.2) is 0 Å². The topological polar surface area (TPSA) is 55.8 Å². The third-order valence-electron chi connectivity index (χ3n) is 6.69. The van der Waals surface area contributed by atoms with E-state index in [2.05, 4.69) is 6.92 Å². The Labute approximate surface area is 182 Å². The van der Waals surface area contributed by atoms with Crippen LogP contribution in [0.4, 0.5) is 0 Å². The van der Waals surface area contributed by atoms with Crippen LogP contribution in [-0.4, -0.2) is 41.6 Å². The summed E-state index contributed by atoms with van der Waals surface area (Å²) in [5.74, 6) is -1.47. The fraction of sp³-hybridized carbons (Fsp3) is 0.385. The maximum absolute atomic E-state index is 13.8. The number of ether oxygens (including phenoxy) is 2. The van der Waals surface area contributed by atoms with E-state index < -0.39 is 17.4 Å². The van der Waals surface area contributed by atoms with Crippen LogP contribution in [0.5, 0.6) is 0 Å². The lowest BCUT2D eigenvalue weighted by Crippen LogP contribution is -2.40. The zero-order valence-corrected chi connectivity index (χ0v) is 17.6. The highest BCUT2D eigenvalue weighted by Crippen LogP contribution is 2.54. The standard InChI is InChI=1S/C26H27NO4/c1-2-3-16-30-25(29)21-20-14-15-26(31-20)17-27(24(28)22(21)26)23(18-10-6-4-7-11-18)19-12-8-5-9-13-19/h4-15,20-23H,2-3,16-17H2,1H3/t20-,21+,22+,26+/m1/s1. The largest absolute Gasteiger partial charge is 0.465 e. The van der Waals surface area contributed by atoms with E-state index in [1.165, 1.54) is 0 Å². The van der Waals surface area contributed by atoms with Crippen LogP contribution in [-0.2, 0) is 19.1 Å². The molecule has 3 aliphatic rings. The van der Waals surface area contributed by atoms with E-state index in [1.807, 2.05) is 77.7 Å². The molecule has 1 amide bonds. The van der Waals surface area contributed by atoms with Crippen molar-refractivity contribution in [1.82, 2.24) is 4.90 Å². The second-order valence-electron chi connectivity index (χ2n) is 8.61. The highest BCUT2D eigenvalue weighted by atomic mass is 16.6. The molecule has 4 atom stereocenters. The molecular formula is C26H27NO4. The van der Waals surface area contributed by atoms with E-state index in [1.54, 1.807) is 0 Å². The Kier molecular flexibility index (Phi) is 5.14. The summed E-state index contributed by atoms with van der Waals surface area (Å²) in [7, 11) is 0. The van der Waals surface area contributed by atoms with Crippen molar-refractivity contribution in [3.8, 4) is 0 Å². The molecule has 3 heterocycles. The molecule has 2 bridgehead atoms. The molecule has 2 fully saturated rings. The molecule has 5 nitrogen and oxygen atoms in total. The SMILES string of the molecule is CCCCOC(=O)[C@@H]1[C@H]2C(=O)N(C(c3ccccc3)c3ccccc3)C[C@@]23C=C[C@H]1O3. The normalized spacial score (nSPS) is 28.4. The molecule has 5 rings (SSSR count). The number of carbonyl (C=O) groups excluding carboxylic acids is 2. The van der Waals surface area contributed by atoms with Crippen molar-refractivity contribution in [2.45, 2.75) is 37.5 Å². The van der Waals surface area contributed by atoms with Gasteiger partial charge in [0.05, 0.1) is 31.2 Å². The van der Waals surface area contributed by atoms with Gasteiger partial charge < -0.3 is 14.4 Å². The molecule has 5 heteroatoms. The second-order valence-corrected chi connectivity index (χ2v) is 8.61. The van der Waals surface area contributed by atoms with Crippen LogP contribution in [0.2, 0.25) is 0 Å². The van der Waals surface area contributed by atoms with Gasteiger partial charge in [-0.3, -0.25) is 9.59 Å². The van der Waals surface area contributed by atoms with Crippen molar-refractivity contribution >= 4 is 11.9 Å². The minimum atomic E-state index is -0.752. The van der Waals surface area contributed by atoms with Gasteiger partial charge in [-0.25, -0.2) is 0 Å². The minimum absolute atomic E-state index is 0.0398. The summed E-state index contributed by atoms with van der Waals surface area (Å²) in [6, 6.07) is 19.8. The Morgan fingerprint density at radius 2 is 1.77 bits per heavy atom. The maximum atomic E-state index is 13.8. The summed E-state index contributed by atoms with van der Waals surface area (Å²) >= 11 is 0. The second kappa shape index (κ2) is 7.97. The molecule has 0 N–H and O–H groups in total. The zero-order chi connectivity index (χ0) is 21.4. The number of amides is 1. The molecule has 1 spiro atoms. The van der Waals surface area contributed by atoms with E-state index in [4.69, 9.17) is 9.47 Å². The van der Waals surface area contributed by atoms with Crippen molar-refractivity contribution in [3.05, 3.63) is 83.9 Å². The molecule has 0 saturated carbocycles. The van der Waals surface area contributed by atoms with Gasteiger partial charge in [0, 0.05) is 0 Å². The number of rotatable bonds is 7. The predicted octanol–water partition coefficient (Wildman–Crippen LogP) is 3.90. The lowest BCUT2D eigenvalue weighted by Gasteiger charge is -2.31. The van der Waals surface area contributed by atoms with Gasteiger partial charge in [-0.15, -0.1) is 0 Å². The quantitative estimate of drug-likeness (QED) is 0.390. The number of esters is 1. The fourth-order valence-corrected chi connectivity index (χ4v) is 5.25. The first-order chi connectivity index (χ1) is 15.1. The Bertz CT molecular complexity index is 949. The van der Waals surface area contributed by atoms with E-state index in [0.717, 1.165) is 24.0 Å². The van der Waals surface area contributed by atoms with Crippen molar-refractivity contribution in [2.75, 3.05) is 13.2 Å². The maximum Gasteiger partial charge on any atom is 0.312 e. The number of carbonyl (C=O) groups is 2. The number of hydrogen-bond donors (Lipinski definition) is 0. The molecule has 31 heavy (non-hydrogen) atoms. The Morgan fingerprint density at radius 1 is 1.13 bits per heavy atom. The van der Waals surface area contributed by atoms with Crippen molar-refractivity contribution in [1.29, 1.82) is 0 Å². The Hall–Kier alpha value is -2.92. The summed E-state index contributed by atoms with van der Waals surface area (Å²) in [6.07, 6.45) is 5.31. The molecule has 0 aromatic heterocycles. The summed E-state index contributed by atoms with van der Waals surface area (Å²) < 4.78 is 11.8. The molecule has 0 radical (unpaired) electrons. The molecule has 160 valence electrons. The highest BCUT2D eigenvalue weighted by molar-refractivity contribution is 5.91. The molecule has 2 saturated heterocycles. The van der Waals surface area contributed by atoms with E-state index in [-0.39, 0.29) is 24.0 Å². The van der Waals surface area contributed by atoms with Crippen LogP contribution < -0.4 is 0 Å². The van der Waals surface area contributed by atoms with Crippen LogP contribution in [0.3, 0.4) is 0 Å². The van der Waals surface area contributed by atoms with Gasteiger partial charge in [0.2, 0.25) is 5.91 Å². The van der Waals surface area contributed by atoms with Crippen LogP contribution in [0.1, 0.15) is 36.9 Å². The smallest absolute Gasteiger partial charge is 0.312 e. The summed E-state index contributed by atoms with van der Waals surface area (Å²) in [6.45, 7) is 2.87. The van der Waals surface area contributed by atoms with Crippen LogP contribution >= 0.6 is 0 Å². The molecule has 0 unspecified atom stereocenters. The number of likely N-dealkylation sites (tertiary alicyclic amines) is 1. The monoisotopic (exact) mass is 417 g/mol. The summed E-state index contributed by atoms with van der Waals surface area (Å²) in [5.41, 5.74) is 1.33. The van der Waals surface area contributed by atoms with E-state index in [0.29, 0.717) is 13.2 Å². The molecule has 2 aromatic carbocycles. The first-order valence-electron chi connectivity index (χ1n) is 11.1. The van der Waals surface area contributed by atoms with E-state index in [9.17, 15) is 9.59 Å². The van der Waals surface area contributed by atoms with Crippen LogP contribution in [0.15, 0.2) is 72.8 Å². The summed E-state index contributed by atoms with van der Waals surface area (Å²) in [4.78, 5) is 28.6. The van der Waals surface area contributed by atoms with Crippen molar-refractivity contribution in [3.63, 3.8) is 0 Å². The minimum Gasteiger partial charge on any atom is -0.465 e. The fourth-order valence-electron chi connectivity index (χ4n) is 5.25. The van der Waals surface area contributed by atoms with Gasteiger partial charge in [-0.1, -0.05) is 86.2 Å². The predicted molar refractivity (Wildman–Crippen MR) is 116 cm³/mol. The third-order valence-corrected chi connectivity index (χ3v) is 6.69. The molecule has 0 aliphatic carbocycles. The van der Waals surface area contributed by atoms with Gasteiger partial charge in [0.25, 0.3) is 0 Å². The van der Waals surface area contributed by atoms with Crippen LogP contribution in [0.25, 0.3) is 0 Å². The number of hydrogen-bond acceptors (Lipinski definition) is 4. The zero-order valence-electron chi connectivity index (χ0n) is 17.6. The first kappa shape index (κ1) is 20.0. The molecular weight excluding hydrogens is 390 g/mol. The highest BCUT2D eigenvalue weighted by Gasteiger charge is 2.68. The average Bonchev–Trinajstić information content (AvgIpc) is 3.44. The lowest BCUT2D eigenvalue weighted by atomic mass is 9.77.